The van der Waals surface area contributed by atoms with Crippen molar-refractivity contribution in [2.75, 3.05) is 0 Å². The zero-order valence-corrected chi connectivity index (χ0v) is 8.87. The van der Waals surface area contributed by atoms with Crippen LogP contribution in [0.3, 0.4) is 0 Å². The van der Waals surface area contributed by atoms with Crippen molar-refractivity contribution in [2.45, 2.75) is 35.7 Å². The van der Waals surface area contributed by atoms with Gasteiger partial charge in [0.25, 0.3) is 0 Å². The van der Waals surface area contributed by atoms with E-state index in [0.29, 0.717) is 5.09 Å². The minimum absolute atomic E-state index is 0.0509. The lowest BCUT2D eigenvalue weighted by Crippen LogP contribution is -2.14. The molecule has 2 rings (SSSR count). The molecule has 0 bridgehead atoms. The molecule has 82 valence electrons. The van der Waals surface area contributed by atoms with E-state index in [0.717, 1.165) is 19.3 Å². The first-order valence-electron chi connectivity index (χ1n) is 4.84. The lowest BCUT2D eigenvalue weighted by Gasteiger charge is -2.11. The smallest absolute Gasteiger partial charge is 0.371 e. The molecule has 1 heterocycles. The number of aliphatic hydroxyl groups is 1. The number of thioether (sulfide) groups is 1. The predicted octanol–water partition coefficient (Wildman–Crippen LogP) is 1.98. The van der Waals surface area contributed by atoms with Crippen LogP contribution in [0, 0.1) is 0 Å². The Morgan fingerprint density at radius 3 is 2.80 bits per heavy atom. The number of carbonyl (C=O) groups is 1. The third-order valence-corrected chi connectivity index (χ3v) is 3.78. The Bertz CT molecular complexity index is 360. The summed E-state index contributed by atoms with van der Waals surface area (Å²) in [7, 11) is 0. The van der Waals surface area contributed by atoms with E-state index in [-0.39, 0.29) is 17.1 Å². The largest absolute Gasteiger partial charge is 0.475 e. The molecule has 2 atom stereocenters. The Kier molecular flexibility index (Phi) is 3.02. The molecule has 4 nitrogen and oxygen atoms in total. The number of hydrogen-bond donors (Lipinski definition) is 2. The molecule has 0 aromatic carbocycles. The van der Waals surface area contributed by atoms with Gasteiger partial charge in [0, 0.05) is 5.25 Å². The molecule has 15 heavy (non-hydrogen) atoms. The van der Waals surface area contributed by atoms with Crippen LogP contribution in [-0.2, 0) is 0 Å². The second kappa shape index (κ2) is 4.28. The molecular formula is C10H12O4S. The van der Waals surface area contributed by atoms with E-state index < -0.39 is 5.97 Å². The fraction of sp³-hybridized carbons (Fsp3) is 0.500. The van der Waals surface area contributed by atoms with Crippen LogP contribution in [0.25, 0.3) is 0 Å². The van der Waals surface area contributed by atoms with Crippen molar-refractivity contribution in [3.8, 4) is 0 Å². The van der Waals surface area contributed by atoms with Crippen LogP contribution in [0.1, 0.15) is 29.8 Å². The fourth-order valence-electron chi connectivity index (χ4n) is 1.69. The quantitative estimate of drug-likeness (QED) is 0.827. The van der Waals surface area contributed by atoms with Crippen LogP contribution < -0.4 is 0 Å². The van der Waals surface area contributed by atoms with Crippen LogP contribution >= 0.6 is 11.8 Å². The first kappa shape index (κ1) is 10.6. The molecule has 1 fully saturated rings. The number of hydrogen-bond acceptors (Lipinski definition) is 4. The zero-order valence-electron chi connectivity index (χ0n) is 8.05. The Labute approximate surface area is 91.3 Å². The van der Waals surface area contributed by atoms with Crippen LogP contribution in [0.4, 0.5) is 0 Å². The summed E-state index contributed by atoms with van der Waals surface area (Å²) in [5.74, 6) is -1.11. The maximum Gasteiger partial charge on any atom is 0.371 e. The number of furan rings is 1. The standard InChI is InChI=1S/C10H12O4S/c11-6-2-1-3-8(6)15-9-5-4-7(14-9)10(12)13/h4-6,8,11H,1-3H2,(H,12,13). The molecule has 2 unspecified atom stereocenters. The number of aromatic carboxylic acids is 1. The van der Waals surface area contributed by atoms with Gasteiger partial charge in [0.2, 0.25) is 5.76 Å². The lowest BCUT2D eigenvalue weighted by molar-refractivity contribution is 0.0656. The van der Waals surface area contributed by atoms with Crippen molar-refractivity contribution < 1.29 is 19.4 Å². The molecule has 5 heteroatoms. The van der Waals surface area contributed by atoms with Gasteiger partial charge in [-0.25, -0.2) is 4.79 Å². The van der Waals surface area contributed by atoms with E-state index in [1.165, 1.54) is 17.8 Å². The van der Waals surface area contributed by atoms with E-state index in [2.05, 4.69) is 0 Å². The Morgan fingerprint density at radius 2 is 2.27 bits per heavy atom. The van der Waals surface area contributed by atoms with Crippen LogP contribution in [0.15, 0.2) is 21.6 Å². The summed E-state index contributed by atoms with van der Waals surface area (Å²) >= 11 is 1.42. The van der Waals surface area contributed by atoms with E-state index in [9.17, 15) is 9.90 Å². The van der Waals surface area contributed by atoms with Gasteiger partial charge in [-0.05, 0) is 31.4 Å². The van der Waals surface area contributed by atoms with Gasteiger partial charge in [0.15, 0.2) is 5.09 Å². The molecule has 1 aliphatic rings. The van der Waals surface area contributed by atoms with Crippen molar-refractivity contribution in [2.24, 2.45) is 0 Å². The Balaban J connectivity index is 2.01. The van der Waals surface area contributed by atoms with Crippen molar-refractivity contribution in [1.82, 2.24) is 0 Å². The molecule has 1 aromatic rings. The normalized spacial score (nSPS) is 25.7. The molecule has 2 N–H and O–H groups in total. The molecule has 0 saturated heterocycles. The van der Waals surface area contributed by atoms with Gasteiger partial charge >= 0.3 is 5.97 Å². The highest BCUT2D eigenvalue weighted by atomic mass is 32.2. The zero-order chi connectivity index (χ0) is 10.8. The Morgan fingerprint density at radius 1 is 1.47 bits per heavy atom. The highest BCUT2D eigenvalue weighted by Gasteiger charge is 2.27. The van der Waals surface area contributed by atoms with Crippen molar-refractivity contribution in [1.29, 1.82) is 0 Å². The summed E-state index contributed by atoms with van der Waals surface area (Å²) in [4.78, 5) is 10.6. The minimum Gasteiger partial charge on any atom is -0.475 e. The lowest BCUT2D eigenvalue weighted by atomic mass is 10.3. The second-order valence-corrected chi connectivity index (χ2v) is 4.82. The molecule has 0 radical (unpaired) electrons. The fourth-order valence-corrected chi connectivity index (χ4v) is 2.85. The highest BCUT2D eigenvalue weighted by Crippen LogP contribution is 2.35. The number of rotatable bonds is 3. The van der Waals surface area contributed by atoms with E-state index in [1.807, 2.05) is 0 Å². The molecule has 0 amide bonds. The van der Waals surface area contributed by atoms with Crippen molar-refractivity contribution >= 4 is 17.7 Å². The van der Waals surface area contributed by atoms with Crippen LogP contribution in [-0.4, -0.2) is 27.5 Å². The number of aliphatic hydroxyl groups excluding tert-OH is 1. The van der Waals surface area contributed by atoms with E-state index >= 15 is 0 Å². The van der Waals surface area contributed by atoms with E-state index in [1.54, 1.807) is 6.07 Å². The summed E-state index contributed by atoms with van der Waals surface area (Å²) in [6.07, 6.45) is 2.50. The first-order valence-corrected chi connectivity index (χ1v) is 5.72. The summed E-state index contributed by atoms with van der Waals surface area (Å²) in [6, 6.07) is 3.07. The molecule has 1 aromatic heterocycles. The van der Waals surface area contributed by atoms with Gasteiger partial charge in [0.1, 0.15) is 0 Å². The molecule has 1 aliphatic carbocycles. The van der Waals surface area contributed by atoms with Gasteiger partial charge in [-0.15, -0.1) is 0 Å². The summed E-state index contributed by atoms with van der Waals surface area (Å²) in [6.45, 7) is 0. The monoisotopic (exact) mass is 228 g/mol. The SMILES string of the molecule is O=C(O)c1ccc(SC2CCCC2O)o1. The van der Waals surface area contributed by atoms with Gasteiger partial charge in [-0.3, -0.25) is 0 Å². The molecule has 0 spiro atoms. The van der Waals surface area contributed by atoms with Crippen LogP contribution in [0.2, 0.25) is 0 Å². The summed E-state index contributed by atoms with van der Waals surface area (Å²) < 4.78 is 5.11. The van der Waals surface area contributed by atoms with Gasteiger partial charge in [0.05, 0.1) is 6.10 Å². The van der Waals surface area contributed by atoms with Gasteiger partial charge < -0.3 is 14.6 Å². The predicted molar refractivity (Wildman–Crippen MR) is 55.2 cm³/mol. The third kappa shape index (κ3) is 2.35. The summed E-state index contributed by atoms with van der Waals surface area (Å²) in [5.41, 5.74) is 0. The average Bonchev–Trinajstić information content (AvgIpc) is 2.77. The molecule has 0 aliphatic heterocycles. The molecular weight excluding hydrogens is 216 g/mol. The number of carboxylic acids is 1. The highest BCUT2D eigenvalue weighted by molar-refractivity contribution is 7.99. The summed E-state index contributed by atoms with van der Waals surface area (Å²) in [5, 5.41) is 19.0. The van der Waals surface area contributed by atoms with Crippen molar-refractivity contribution in [3.05, 3.63) is 17.9 Å². The minimum atomic E-state index is -1.06. The van der Waals surface area contributed by atoms with E-state index in [4.69, 9.17) is 9.52 Å². The third-order valence-electron chi connectivity index (χ3n) is 2.48. The van der Waals surface area contributed by atoms with Crippen molar-refractivity contribution in [3.63, 3.8) is 0 Å². The average molecular weight is 228 g/mol. The first-order chi connectivity index (χ1) is 7.16. The molecule has 1 saturated carbocycles. The Hall–Kier alpha value is -0.940. The maximum atomic E-state index is 10.6. The van der Waals surface area contributed by atoms with Gasteiger partial charge in [-0.2, -0.15) is 0 Å². The topological polar surface area (TPSA) is 70.7 Å². The maximum absolute atomic E-state index is 10.6. The number of carboxylic acid groups (broad SMARTS) is 1. The van der Waals surface area contributed by atoms with Crippen LogP contribution in [0.5, 0.6) is 0 Å². The van der Waals surface area contributed by atoms with Gasteiger partial charge in [-0.1, -0.05) is 11.8 Å². The second-order valence-electron chi connectivity index (χ2n) is 3.58.